The zero-order valence-corrected chi connectivity index (χ0v) is 46.8. The Morgan fingerprint density at radius 2 is 1.23 bits per heavy atom. The lowest BCUT2D eigenvalue weighted by Gasteiger charge is -2.65. The van der Waals surface area contributed by atoms with Crippen LogP contribution in [0.25, 0.3) is 0 Å². The highest BCUT2D eigenvalue weighted by molar-refractivity contribution is 5.66. The van der Waals surface area contributed by atoms with Crippen LogP contribution < -0.4 is 0 Å². The number of hydrogen-bond donors (Lipinski definition) is 13. The van der Waals surface area contributed by atoms with E-state index in [1.807, 2.05) is 0 Å². The van der Waals surface area contributed by atoms with Crippen LogP contribution >= 0.6 is 0 Å². The number of rotatable bonds is 15. The van der Waals surface area contributed by atoms with Gasteiger partial charge in [0.25, 0.3) is 0 Å². The molecule has 2 spiro atoms. The summed E-state index contributed by atoms with van der Waals surface area (Å²) in [5.41, 5.74) is -3.63. The van der Waals surface area contributed by atoms with Gasteiger partial charge in [-0.05, 0) is 130 Å². The van der Waals surface area contributed by atoms with Crippen molar-refractivity contribution in [2.45, 2.75) is 274 Å². The van der Waals surface area contributed by atoms with Gasteiger partial charge in [0.1, 0.15) is 85.5 Å². The van der Waals surface area contributed by atoms with Crippen molar-refractivity contribution in [1.82, 2.24) is 0 Å². The van der Waals surface area contributed by atoms with Crippen LogP contribution in [0.3, 0.4) is 0 Å². The fourth-order valence-corrected chi connectivity index (χ4v) is 17.5. The molecule has 450 valence electrons. The first kappa shape index (κ1) is 61.2. The van der Waals surface area contributed by atoms with Crippen LogP contribution in [0.2, 0.25) is 0 Å². The molecule has 23 heteroatoms. The third kappa shape index (κ3) is 9.95. The number of carbonyl (C=O) groups is 1. The van der Waals surface area contributed by atoms with Crippen molar-refractivity contribution in [3.05, 3.63) is 0 Å². The molecule has 0 aromatic heterocycles. The van der Waals surface area contributed by atoms with Crippen LogP contribution in [0.4, 0.5) is 0 Å². The number of esters is 1. The van der Waals surface area contributed by atoms with Gasteiger partial charge in [-0.2, -0.15) is 0 Å². The van der Waals surface area contributed by atoms with Gasteiger partial charge in [0.2, 0.25) is 0 Å². The minimum Gasteiger partial charge on any atom is -0.462 e. The quantitative estimate of drug-likeness (QED) is 0.0679. The molecule has 78 heavy (non-hydrogen) atoms. The van der Waals surface area contributed by atoms with Crippen molar-refractivity contribution in [3.63, 3.8) is 0 Å². The summed E-state index contributed by atoms with van der Waals surface area (Å²) in [7, 11) is 0. The third-order valence-corrected chi connectivity index (χ3v) is 21.8. The maximum atomic E-state index is 13.3. The number of aliphatic hydroxyl groups is 13. The summed E-state index contributed by atoms with van der Waals surface area (Å²) in [4.78, 5) is 13.3. The Morgan fingerprint density at radius 3 is 1.83 bits per heavy atom. The lowest BCUT2D eigenvalue weighted by atomic mass is 9.41. The highest BCUT2D eigenvalue weighted by atomic mass is 16.7. The third-order valence-electron chi connectivity index (χ3n) is 21.8. The number of fused-ring (bicyclic) bond motifs is 2. The summed E-state index contributed by atoms with van der Waals surface area (Å²) in [5.74, 6) is -1.16. The van der Waals surface area contributed by atoms with Crippen molar-refractivity contribution in [2.75, 3.05) is 13.2 Å². The van der Waals surface area contributed by atoms with Crippen molar-refractivity contribution >= 4 is 5.97 Å². The second-order valence-corrected chi connectivity index (χ2v) is 26.8. The predicted molar refractivity (Wildman–Crippen MR) is 268 cm³/mol. The molecule has 4 aliphatic heterocycles. The van der Waals surface area contributed by atoms with Crippen LogP contribution in [0, 0.1) is 50.7 Å². The molecule has 9 rings (SSSR count). The Balaban J connectivity index is 1.03. The monoisotopic (exact) mass is 1120 g/mol. The average Bonchev–Trinajstić information content (AvgIpc) is 3.98. The first-order valence-corrected chi connectivity index (χ1v) is 28.5. The first-order chi connectivity index (χ1) is 36.3. The van der Waals surface area contributed by atoms with Gasteiger partial charge in [0.05, 0.1) is 49.3 Å². The molecule has 5 aliphatic carbocycles. The molecule has 5 saturated carbocycles. The van der Waals surface area contributed by atoms with Gasteiger partial charge in [0, 0.05) is 12.8 Å². The summed E-state index contributed by atoms with van der Waals surface area (Å²) in [5, 5.41) is 140. The van der Waals surface area contributed by atoms with Crippen molar-refractivity contribution in [2.24, 2.45) is 50.7 Å². The highest BCUT2D eigenvalue weighted by Crippen LogP contribution is 2.89. The van der Waals surface area contributed by atoms with E-state index in [1.54, 1.807) is 27.7 Å². The second-order valence-electron chi connectivity index (χ2n) is 26.8. The van der Waals surface area contributed by atoms with E-state index >= 15 is 0 Å². The van der Waals surface area contributed by atoms with E-state index in [1.165, 1.54) is 6.92 Å². The van der Waals surface area contributed by atoms with Crippen LogP contribution in [0.1, 0.15) is 127 Å². The first-order valence-electron chi connectivity index (χ1n) is 28.5. The number of hydrogen-bond acceptors (Lipinski definition) is 23. The topological polar surface area (TPSA) is 363 Å². The van der Waals surface area contributed by atoms with Crippen molar-refractivity contribution < 1.29 is 114 Å². The standard InChI is InChI=1S/C55H92O23/c1-22(11-12-32(77-49-44(69)40(65)37(62)29(19-56)75-49)51(7,8)78-46-41(66)36(61)26(58)20-70-46)33-28(73-25(4)57)18-53(10)30-17-27(74-47-42(67)38(63)34(59)23(2)71-47)45-50(5,6)31(76-48-43(68)39(64)35(60)24(3)72-48)13-14-55(45)21-54(30,55)16-15-52(33,53)9/h22-24,26-49,56,58-69H,11-21H2,1-10H3. The van der Waals surface area contributed by atoms with Crippen LogP contribution in [0.15, 0.2) is 0 Å². The Kier molecular flexibility index (Phi) is 17.2. The SMILES string of the molecule is CC(=O)OC1CC2(C)C3CC(OC4OC(C)C(O)C(O)C4O)C4C(C)(C)C(OC5OC(C)C(O)C(O)C5O)CCC45CC35CCC2(C)C1C(C)CCC(OC1OC(CO)C(O)C(O)C1O)C(C)(C)OC1OCC(O)C(O)C1O. The summed E-state index contributed by atoms with van der Waals surface area (Å²) < 4.78 is 56.5. The molecule has 0 bridgehead atoms. The summed E-state index contributed by atoms with van der Waals surface area (Å²) >= 11 is 0. The number of aliphatic hydroxyl groups excluding tert-OH is 13. The maximum absolute atomic E-state index is 13.3. The van der Waals surface area contributed by atoms with Crippen LogP contribution in [-0.4, -0.2) is 232 Å². The largest absolute Gasteiger partial charge is 0.462 e. The lowest BCUT2D eigenvalue weighted by molar-refractivity contribution is -0.345. The summed E-state index contributed by atoms with van der Waals surface area (Å²) in [6.07, 6.45) is -24.5. The van der Waals surface area contributed by atoms with Gasteiger partial charge in [-0.3, -0.25) is 4.79 Å². The Hall–Kier alpha value is -1.37. The van der Waals surface area contributed by atoms with E-state index in [4.69, 9.17) is 42.6 Å². The molecule has 31 unspecified atom stereocenters. The van der Waals surface area contributed by atoms with Crippen LogP contribution in [-0.2, 0) is 47.4 Å². The molecule has 23 nitrogen and oxygen atoms in total. The minimum atomic E-state index is -1.76. The van der Waals surface area contributed by atoms with Gasteiger partial charge >= 0.3 is 5.97 Å². The van der Waals surface area contributed by atoms with E-state index in [0.717, 1.165) is 19.3 Å². The van der Waals surface area contributed by atoms with E-state index in [9.17, 15) is 71.2 Å². The van der Waals surface area contributed by atoms with Gasteiger partial charge < -0.3 is 109 Å². The highest BCUT2D eigenvalue weighted by Gasteiger charge is 2.85. The summed E-state index contributed by atoms with van der Waals surface area (Å²) in [6.45, 7) is 17.8. The van der Waals surface area contributed by atoms with Crippen molar-refractivity contribution in [1.29, 1.82) is 0 Å². The molecule has 31 atom stereocenters. The van der Waals surface area contributed by atoms with E-state index < -0.39 is 176 Å². The van der Waals surface area contributed by atoms with Crippen molar-refractivity contribution in [3.8, 4) is 0 Å². The normalized spacial score (nSPS) is 53.7. The van der Waals surface area contributed by atoms with Gasteiger partial charge in [-0.1, -0.05) is 34.6 Å². The molecule has 9 fully saturated rings. The van der Waals surface area contributed by atoms with E-state index in [-0.39, 0.29) is 47.5 Å². The van der Waals surface area contributed by atoms with Gasteiger partial charge in [0.15, 0.2) is 25.2 Å². The molecule has 0 aromatic carbocycles. The second kappa shape index (κ2) is 21.9. The smallest absolute Gasteiger partial charge is 0.302 e. The summed E-state index contributed by atoms with van der Waals surface area (Å²) in [6, 6.07) is 0. The zero-order valence-electron chi connectivity index (χ0n) is 46.8. The van der Waals surface area contributed by atoms with E-state index in [2.05, 4.69) is 34.6 Å². The van der Waals surface area contributed by atoms with E-state index in [0.29, 0.717) is 32.1 Å². The lowest BCUT2D eigenvalue weighted by Crippen LogP contribution is -2.65. The number of ether oxygens (including phenoxy) is 9. The Labute approximate surface area is 456 Å². The Morgan fingerprint density at radius 1 is 0.654 bits per heavy atom. The molecular weight excluding hydrogens is 1030 g/mol. The molecular formula is C55H92O23. The maximum Gasteiger partial charge on any atom is 0.302 e. The molecule has 13 N–H and O–H groups in total. The molecule has 4 saturated heterocycles. The fraction of sp³-hybridized carbons (Fsp3) is 0.982. The molecule has 0 aromatic rings. The molecule has 4 heterocycles. The molecule has 0 amide bonds. The minimum absolute atomic E-state index is 0.0337. The van der Waals surface area contributed by atoms with Crippen LogP contribution in [0.5, 0.6) is 0 Å². The van der Waals surface area contributed by atoms with Gasteiger partial charge in [-0.25, -0.2) is 0 Å². The number of carbonyl (C=O) groups excluding carboxylic acids is 1. The molecule has 0 radical (unpaired) electrons. The Bertz CT molecular complexity index is 2100. The molecule has 9 aliphatic rings. The zero-order chi connectivity index (χ0) is 57.3. The predicted octanol–water partition coefficient (Wildman–Crippen LogP) is -1.16. The fourth-order valence-electron chi connectivity index (χ4n) is 17.5. The average molecular weight is 1120 g/mol. The van der Waals surface area contributed by atoms with Gasteiger partial charge in [-0.15, -0.1) is 0 Å².